The van der Waals surface area contributed by atoms with E-state index in [0.717, 1.165) is 12.1 Å². The van der Waals surface area contributed by atoms with Crippen LogP contribution >= 0.6 is 0 Å². The second-order valence-corrected chi connectivity index (χ2v) is 2.22. The summed E-state index contributed by atoms with van der Waals surface area (Å²) in [5.74, 6) is -0.641. The van der Waals surface area contributed by atoms with E-state index in [9.17, 15) is 14.5 Å². The van der Waals surface area contributed by atoms with Gasteiger partial charge in [0.25, 0.3) is 5.69 Å². The molecule has 0 aliphatic heterocycles. The molecule has 0 atom stereocenters. The first-order valence-corrected chi connectivity index (χ1v) is 3.08. The molecule has 0 heterocycles. The number of nitrogens with two attached hydrogens (primary N) is 1. The summed E-state index contributed by atoms with van der Waals surface area (Å²) in [5.41, 5.74) is 4.56. The molecule has 63 valence electrons. The quantitative estimate of drug-likeness (QED) is 0.393. The molecule has 1 aromatic carbocycles. The van der Waals surface area contributed by atoms with E-state index in [2.05, 4.69) is 6.92 Å². The maximum absolute atomic E-state index is 12.7. The summed E-state index contributed by atoms with van der Waals surface area (Å²) >= 11 is 0. The number of nitro groups is 1. The molecule has 1 radical (unpaired) electrons. The lowest BCUT2D eigenvalue weighted by Gasteiger charge is -2.00. The van der Waals surface area contributed by atoms with Crippen LogP contribution in [0.5, 0.6) is 0 Å². The highest BCUT2D eigenvalue weighted by atomic mass is 19.1. The number of hydrogen-bond acceptors (Lipinski definition) is 3. The number of nitrogens with zero attached hydrogens (tertiary/aromatic N) is 1. The first kappa shape index (κ1) is 8.45. The second kappa shape index (κ2) is 2.77. The van der Waals surface area contributed by atoms with E-state index in [0.29, 0.717) is 0 Å². The van der Waals surface area contributed by atoms with Crippen molar-refractivity contribution < 1.29 is 9.31 Å². The Morgan fingerprint density at radius 1 is 1.58 bits per heavy atom. The van der Waals surface area contributed by atoms with E-state index >= 15 is 0 Å². The van der Waals surface area contributed by atoms with Crippen LogP contribution in [-0.4, -0.2) is 4.92 Å². The van der Waals surface area contributed by atoms with E-state index < -0.39 is 10.7 Å². The Morgan fingerprint density at radius 2 is 2.17 bits per heavy atom. The fourth-order valence-electron chi connectivity index (χ4n) is 0.785. The second-order valence-electron chi connectivity index (χ2n) is 2.22. The van der Waals surface area contributed by atoms with Gasteiger partial charge in [0.1, 0.15) is 11.5 Å². The van der Waals surface area contributed by atoms with Gasteiger partial charge in [0.05, 0.1) is 4.92 Å². The molecule has 0 bridgehead atoms. The molecule has 12 heavy (non-hydrogen) atoms. The predicted octanol–water partition coefficient (Wildman–Crippen LogP) is 1.50. The minimum Gasteiger partial charge on any atom is -0.393 e. The third kappa shape index (κ3) is 1.20. The predicted molar refractivity (Wildman–Crippen MR) is 41.9 cm³/mol. The Kier molecular flexibility index (Phi) is 1.95. The Bertz CT molecular complexity index is 338. The molecule has 0 saturated heterocycles. The van der Waals surface area contributed by atoms with Crippen molar-refractivity contribution >= 4 is 11.4 Å². The fourth-order valence-corrected chi connectivity index (χ4v) is 0.785. The number of hydrogen-bond donors (Lipinski definition) is 1. The average molecular weight is 169 g/mol. The highest BCUT2D eigenvalue weighted by molar-refractivity contribution is 5.64. The van der Waals surface area contributed by atoms with Crippen molar-refractivity contribution in [1.82, 2.24) is 0 Å². The molecule has 0 aliphatic carbocycles. The zero-order chi connectivity index (χ0) is 9.30. The summed E-state index contributed by atoms with van der Waals surface area (Å²) < 4.78 is 12.7. The standard InChI is InChI=1S/C7H6FN2O2/c1-4-5(8)2-3-6(7(4)9)10(11)12/h2-3H,1,9H2. The molecule has 1 aromatic rings. The lowest BCUT2D eigenvalue weighted by atomic mass is 10.1. The molecule has 4 nitrogen and oxygen atoms in total. The Balaban J connectivity index is 3.36. The Hall–Kier alpha value is -1.65. The molecule has 0 aliphatic rings. The first-order chi connectivity index (χ1) is 5.54. The summed E-state index contributed by atoms with van der Waals surface area (Å²) in [6.07, 6.45) is 0. The van der Waals surface area contributed by atoms with Crippen LogP contribution in [0.4, 0.5) is 15.8 Å². The molecule has 0 saturated carbocycles. The summed E-state index contributed by atoms with van der Waals surface area (Å²) in [7, 11) is 0. The van der Waals surface area contributed by atoms with Crippen molar-refractivity contribution in [1.29, 1.82) is 0 Å². The summed E-state index contributed by atoms with van der Waals surface area (Å²) in [6.45, 7) is 3.26. The van der Waals surface area contributed by atoms with Crippen molar-refractivity contribution in [2.45, 2.75) is 0 Å². The van der Waals surface area contributed by atoms with Gasteiger partial charge >= 0.3 is 0 Å². The van der Waals surface area contributed by atoms with E-state index in [1.54, 1.807) is 0 Å². The third-order valence-electron chi connectivity index (χ3n) is 1.47. The number of nitro benzene ring substituents is 1. The molecule has 5 heteroatoms. The molecule has 0 spiro atoms. The van der Waals surface area contributed by atoms with Crippen molar-refractivity contribution in [3.05, 3.63) is 40.6 Å². The van der Waals surface area contributed by atoms with E-state index in [4.69, 9.17) is 5.73 Å². The van der Waals surface area contributed by atoms with Crippen molar-refractivity contribution in [2.75, 3.05) is 5.73 Å². The van der Waals surface area contributed by atoms with Gasteiger partial charge in [-0.15, -0.1) is 0 Å². The van der Waals surface area contributed by atoms with Gasteiger partial charge in [0, 0.05) is 11.6 Å². The number of rotatable bonds is 1. The summed E-state index contributed by atoms with van der Waals surface area (Å²) in [4.78, 5) is 9.58. The highest BCUT2D eigenvalue weighted by Gasteiger charge is 2.14. The summed E-state index contributed by atoms with van der Waals surface area (Å²) in [6, 6.07) is 1.98. The maximum Gasteiger partial charge on any atom is 0.292 e. The van der Waals surface area contributed by atoms with Crippen LogP contribution in [0, 0.1) is 22.9 Å². The number of anilines is 1. The zero-order valence-electron chi connectivity index (χ0n) is 6.08. The van der Waals surface area contributed by atoms with E-state index in [1.165, 1.54) is 0 Å². The van der Waals surface area contributed by atoms with Crippen LogP contribution in [0.25, 0.3) is 0 Å². The topological polar surface area (TPSA) is 69.2 Å². The number of nitrogen functional groups attached to an aromatic ring is 1. The lowest BCUT2D eigenvalue weighted by Crippen LogP contribution is -1.99. The first-order valence-electron chi connectivity index (χ1n) is 3.08. The van der Waals surface area contributed by atoms with Crippen LogP contribution in [0.1, 0.15) is 5.56 Å². The third-order valence-corrected chi connectivity index (χ3v) is 1.47. The molecule has 2 N–H and O–H groups in total. The largest absolute Gasteiger partial charge is 0.393 e. The minimum atomic E-state index is -0.677. The molecule has 0 aromatic heterocycles. The smallest absolute Gasteiger partial charge is 0.292 e. The fraction of sp³-hybridized carbons (Fsp3) is 0. The SMILES string of the molecule is [CH2]c1c(F)ccc([N+](=O)[O-])c1N. The molecular formula is C7H6FN2O2. The van der Waals surface area contributed by atoms with Crippen LogP contribution in [0.3, 0.4) is 0 Å². The van der Waals surface area contributed by atoms with Crippen molar-refractivity contribution in [3.8, 4) is 0 Å². The number of halogens is 1. The Morgan fingerprint density at radius 3 is 2.67 bits per heavy atom. The van der Waals surface area contributed by atoms with E-state index in [1.807, 2.05) is 0 Å². The monoisotopic (exact) mass is 169 g/mol. The van der Waals surface area contributed by atoms with Gasteiger partial charge in [-0.2, -0.15) is 0 Å². The summed E-state index contributed by atoms with van der Waals surface area (Å²) in [5, 5.41) is 10.3. The maximum atomic E-state index is 12.7. The zero-order valence-corrected chi connectivity index (χ0v) is 6.08. The van der Waals surface area contributed by atoms with Crippen molar-refractivity contribution in [3.63, 3.8) is 0 Å². The number of benzene rings is 1. The van der Waals surface area contributed by atoms with Gasteiger partial charge in [-0.25, -0.2) is 4.39 Å². The normalized spacial score (nSPS) is 9.83. The van der Waals surface area contributed by atoms with Gasteiger partial charge in [-0.3, -0.25) is 10.1 Å². The average Bonchev–Trinajstić information content (AvgIpc) is 2.00. The molecular weight excluding hydrogens is 163 g/mol. The molecule has 0 amide bonds. The van der Waals surface area contributed by atoms with Crippen LogP contribution in [0.15, 0.2) is 12.1 Å². The van der Waals surface area contributed by atoms with Crippen LogP contribution < -0.4 is 5.73 Å². The van der Waals surface area contributed by atoms with Crippen LogP contribution in [-0.2, 0) is 0 Å². The molecule has 0 fully saturated rings. The van der Waals surface area contributed by atoms with Gasteiger partial charge < -0.3 is 5.73 Å². The molecule has 0 unspecified atom stereocenters. The Labute approximate surface area is 68.0 Å². The van der Waals surface area contributed by atoms with Crippen LogP contribution in [0.2, 0.25) is 0 Å². The highest BCUT2D eigenvalue weighted by Crippen LogP contribution is 2.25. The van der Waals surface area contributed by atoms with Gasteiger partial charge in [-0.1, -0.05) is 0 Å². The lowest BCUT2D eigenvalue weighted by molar-refractivity contribution is -0.384. The van der Waals surface area contributed by atoms with Crippen molar-refractivity contribution in [2.24, 2.45) is 0 Å². The van der Waals surface area contributed by atoms with Gasteiger partial charge in [0.15, 0.2) is 0 Å². The van der Waals surface area contributed by atoms with E-state index in [-0.39, 0.29) is 16.9 Å². The van der Waals surface area contributed by atoms with Gasteiger partial charge in [-0.05, 0) is 13.0 Å². The van der Waals surface area contributed by atoms with Gasteiger partial charge in [0.2, 0.25) is 0 Å². The minimum absolute atomic E-state index is 0.135. The molecule has 1 rings (SSSR count).